The van der Waals surface area contributed by atoms with Gasteiger partial charge in [0.2, 0.25) is 0 Å². The third-order valence-corrected chi connectivity index (χ3v) is 7.24. The van der Waals surface area contributed by atoms with Gasteiger partial charge in [0.1, 0.15) is 23.5 Å². The molecule has 13 nitrogen and oxygen atoms in total. The fourth-order valence-electron chi connectivity index (χ4n) is 3.57. The summed E-state index contributed by atoms with van der Waals surface area (Å²) in [5, 5.41) is 24.3. The molecule has 38 heavy (non-hydrogen) atoms. The number of terminal acetylenes is 1. The van der Waals surface area contributed by atoms with Crippen LogP contribution < -0.4 is 20.9 Å². The number of carbonyl (C=O) groups is 1. The summed E-state index contributed by atoms with van der Waals surface area (Å²) in [6.45, 7) is 5.48. The summed E-state index contributed by atoms with van der Waals surface area (Å²) in [6, 6.07) is 8.98. The van der Waals surface area contributed by atoms with E-state index in [0.29, 0.717) is 0 Å². The zero-order valence-corrected chi connectivity index (χ0v) is 22.1. The molecule has 3 rings (SSSR count). The van der Waals surface area contributed by atoms with E-state index in [1.165, 1.54) is 26.0 Å². The van der Waals surface area contributed by atoms with Crippen LogP contribution in [0.15, 0.2) is 52.2 Å². The number of aliphatic hydroxyl groups is 2. The summed E-state index contributed by atoms with van der Waals surface area (Å²) in [6.07, 6.45) is 1.19. The second kappa shape index (κ2) is 11.2. The molecule has 0 saturated carbocycles. The first-order valence-electron chi connectivity index (χ1n) is 11.6. The third-order valence-electron chi connectivity index (χ3n) is 5.47. The molecule has 0 bridgehead atoms. The van der Waals surface area contributed by atoms with Crippen molar-refractivity contribution in [3.63, 3.8) is 0 Å². The number of aliphatic hydroxyl groups excluding tert-OH is 1. The maximum absolute atomic E-state index is 13.8. The lowest BCUT2D eigenvalue weighted by Gasteiger charge is -2.30. The number of aromatic amines is 1. The standard InChI is InChI=1S/C24H30N3O10P/c1-6-24(32)19(29)17(36-20(24)27-13-12-18(28)25-22(27)31)14-34-38(33,37-16-10-8-7-9-11-16)26-23(4,5)21(30)35-15(2)3/h1,7-13,15,17,19-20,29,32H,14H2,2-5H3,(H,26,33)(H,25,28,31)/t17-,19-,20-,24-,38?/m1/s1. The topological polar surface area (TPSA) is 178 Å². The summed E-state index contributed by atoms with van der Waals surface area (Å²) in [5.41, 5.74) is -5.61. The number of carbonyl (C=O) groups excluding carboxylic acids is 1. The molecule has 1 saturated heterocycles. The third kappa shape index (κ3) is 6.42. The zero-order valence-electron chi connectivity index (χ0n) is 21.2. The number of aromatic nitrogens is 2. The highest BCUT2D eigenvalue weighted by Gasteiger charge is 2.56. The monoisotopic (exact) mass is 551 g/mol. The van der Waals surface area contributed by atoms with Crippen molar-refractivity contribution >= 4 is 13.7 Å². The first-order valence-corrected chi connectivity index (χ1v) is 13.1. The highest BCUT2D eigenvalue weighted by molar-refractivity contribution is 7.52. The molecule has 14 heteroatoms. The van der Waals surface area contributed by atoms with Crippen LogP contribution in [0.4, 0.5) is 0 Å². The Bertz CT molecular complexity index is 1350. The Balaban J connectivity index is 1.87. The van der Waals surface area contributed by atoms with E-state index in [-0.39, 0.29) is 5.75 Å². The fourth-order valence-corrected chi connectivity index (χ4v) is 5.25. The second-order valence-electron chi connectivity index (χ2n) is 9.35. The van der Waals surface area contributed by atoms with Crippen LogP contribution in [0, 0.1) is 12.3 Å². The summed E-state index contributed by atoms with van der Waals surface area (Å²) in [5.74, 6) is 1.42. The first kappa shape index (κ1) is 29.3. The van der Waals surface area contributed by atoms with Gasteiger partial charge in [-0.15, -0.1) is 6.42 Å². The normalized spacial score (nSPS) is 24.9. The number of nitrogens with zero attached hydrogens (tertiary/aromatic N) is 1. The number of hydrogen-bond acceptors (Lipinski definition) is 10. The molecule has 1 unspecified atom stereocenters. The molecule has 0 aliphatic carbocycles. The number of rotatable bonds is 10. The Morgan fingerprint density at radius 1 is 1.32 bits per heavy atom. The highest BCUT2D eigenvalue weighted by atomic mass is 31.2. The average Bonchev–Trinajstić information content (AvgIpc) is 3.08. The van der Waals surface area contributed by atoms with Crippen LogP contribution in [0.25, 0.3) is 0 Å². The van der Waals surface area contributed by atoms with E-state index >= 15 is 0 Å². The molecule has 4 N–H and O–H groups in total. The summed E-state index contributed by atoms with van der Waals surface area (Å²) >= 11 is 0. The lowest BCUT2D eigenvalue weighted by molar-refractivity contribution is -0.153. The predicted molar refractivity (Wildman–Crippen MR) is 134 cm³/mol. The van der Waals surface area contributed by atoms with E-state index in [4.69, 9.17) is 24.9 Å². The molecule has 0 spiro atoms. The molecule has 0 amide bonds. The molecule has 206 valence electrons. The maximum Gasteiger partial charge on any atom is 0.459 e. The van der Waals surface area contributed by atoms with Crippen molar-refractivity contribution in [2.24, 2.45) is 0 Å². The molecule has 2 heterocycles. The Morgan fingerprint density at radius 2 is 1.97 bits per heavy atom. The smallest absolute Gasteiger partial charge is 0.459 e. The van der Waals surface area contributed by atoms with Crippen LogP contribution in [0.3, 0.4) is 0 Å². The van der Waals surface area contributed by atoms with Crippen LogP contribution >= 0.6 is 7.75 Å². The number of hydrogen-bond donors (Lipinski definition) is 4. The Labute approximate surface area is 218 Å². The van der Waals surface area contributed by atoms with Gasteiger partial charge in [-0.1, -0.05) is 24.1 Å². The second-order valence-corrected chi connectivity index (χ2v) is 11.0. The number of esters is 1. The SMILES string of the molecule is C#C[C@@]1(O)[C@H](O)[C@@H](COP(=O)(NC(C)(C)C(=O)OC(C)C)Oc2ccccc2)O[C@H]1n1ccc(=O)[nH]c1=O. The van der Waals surface area contributed by atoms with E-state index in [0.717, 1.165) is 16.8 Å². The Morgan fingerprint density at radius 3 is 2.55 bits per heavy atom. The largest absolute Gasteiger partial charge is 0.462 e. The molecule has 2 aromatic rings. The number of ether oxygens (including phenoxy) is 2. The number of H-pyrrole nitrogens is 1. The average molecular weight is 551 g/mol. The van der Waals surface area contributed by atoms with Crippen LogP contribution in [0.5, 0.6) is 5.75 Å². The molecule has 0 radical (unpaired) electrons. The molecule has 1 fully saturated rings. The lowest BCUT2D eigenvalue weighted by atomic mass is 9.95. The lowest BCUT2D eigenvalue weighted by Crippen LogP contribution is -2.49. The minimum Gasteiger partial charge on any atom is -0.462 e. The van der Waals surface area contributed by atoms with Gasteiger partial charge in [-0.05, 0) is 39.8 Å². The van der Waals surface area contributed by atoms with Crippen molar-refractivity contribution in [2.45, 2.75) is 63.4 Å². The van der Waals surface area contributed by atoms with Gasteiger partial charge >= 0.3 is 19.4 Å². The minimum absolute atomic E-state index is 0.141. The van der Waals surface area contributed by atoms with E-state index in [2.05, 4.69) is 5.09 Å². The quantitative estimate of drug-likeness (QED) is 0.185. The number of nitrogens with one attached hydrogen (secondary N) is 2. The van der Waals surface area contributed by atoms with Gasteiger partial charge in [-0.3, -0.25) is 23.7 Å². The maximum atomic E-state index is 13.8. The van der Waals surface area contributed by atoms with Crippen molar-refractivity contribution in [3.8, 4) is 18.1 Å². The first-order chi connectivity index (χ1) is 17.7. The van der Waals surface area contributed by atoms with E-state index in [1.807, 2.05) is 10.9 Å². The van der Waals surface area contributed by atoms with Crippen molar-refractivity contribution in [1.82, 2.24) is 14.6 Å². The summed E-state index contributed by atoms with van der Waals surface area (Å²) in [7, 11) is -4.39. The molecule has 1 aliphatic rings. The minimum atomic E-state index is -4.39. The van der Waals surface area contributed by atoms with Crippen molar-refractivity contribution in [2.75, 3.05) is 6.61 Å². The highest BCUT2D eigenvalue weighted by Crippen LogP contribution is 2.48. The van der Waals surface area contributed by atoms with E-state index in [1.54, 1.807) is 32.0 Å². The van der Waals surface area contributed by atoms with Crippen LogP contribution in [-0.4, -0.2) is 61.8 Å². The van der Waals surface area contributed by atoms with Crippen LogP contribution in [0.1, 0.15) is 33.9 Å². The molecular weight excluding hydrogens is 521 g/mol. The van der Waals surface area contributed by atoms with Gasteiger partial charge < -0.3 is 24.2 Å². The number of para-hydroxylation sites is 1. The van der Waals surface area contributed by atoms with E-state index < -0.39 is 67.3 Å². The molecule has 5 atom stereocenters. The van der Waals surface area contributed by atoms with Crippen molar-refractivity contribution < 1.29 is 38.1 Å². The van der Waals surface area contributed by atoms with E-state index in [9.17, 15) is 29.2 Å². The molecular formula is C24H30N3O10P. The molecule has 1 aliphatic heterocycles. The van der Waals surface area contributed by atoms with Crippen LogP contribution in [-0.2, 0) is 23.4 Å². The van der Waals surface area contributed by atoms with Gasteiger partial charge in [0.25, 0.3) is 5.56 Å². The summed E-state index contributed by atoms with van der Waals surface area (Å²) in [4.78, 5) is 38.3. The van der Waals surface area contributed by atoms with Gasteiger partial charge in [0.05, 0.1) is 12.7 Å². The zero-order chi connectivity index (χ0) is 28.3. The van der Waals surface area contributed by atoms with Gasteiger partial charge in [0.15, 0.2) is 11.8 Å². The van der Waals surface area contributed by atoms with Gasteiger partial charge in [-0.25, -0.2) is 9.36 Å². The molecule has 1 aromatic carbocycles. The van der Waals surface area contributed by atoms with Gasteiger partial charge in [-0.2, -0.15) is 5.09 Å². The van der Waals surface area contributed by atoms with Crippen molar-refractivity contribution in [1.29, 1.82) is 0 Å². The van der Waals surface area contributed by atoms with Crippen LogP contribution in [0.2, 0.25) is 0 Å². The predicted octanol–water partition coefficient (Wildman–Crippen LogP) is 0.683. The number of benzene rings is 1. The summed E-state index contributed by atoms with van der Waals surface area (Å²) < 4.78 is 36.6. The molecule has 1 aromatic heterocycles. The Hall–Kier alpha value is -3.24. The Kier molecular flexibility index (Phi) is 8.68. The van der Waals surface area contributed by atoms with Gasteiger partial charge in [0, 0.05) is 12.3 Å². The fraction of sp³-hybridized carbons (Fsp3) is 0.458. The van der Waals surface area contributed by atoms with Crippen molar-refractivity contribution in [3.05, 3.63) is 63.4 Å².